The molecular weight excluding hydrogens is 356 g/mol. The van der Waals surface area contributed by atoms with Crippen molar-refractivity contribution in [2.24, 2.45) is 29.6 Å². The number of rotatable bonds is 6. The third-order valence-corrected chi connectivity index (χ3v) is 7.69. The van der Waals surface area contributed by atoms with Gasteiger partial charge in [0, 0.05) is 0 Å². The van der Waals surface area contributed by atoms with E-state index in [-0.39, 0.29) is 18.8 Å². The Morgan fingerprint density at radius 3 is 1.74 bits per heavy atom. The van der Waals surface area contributed by atoms with Gasteiger partial charge >= 0.3 is 6.61 Å². The Hall–Kier alpha value is -0.320. The second kappa shape index (κ2) is 9.93. The third-order valence-electron chi connectivity index (χ3n) is 7.69. The molecule has 3 rings (SSSR count). The molecule has 3 aliphatic rings. The number of ether oxygens (including phenoxy) is 1. The van der Waals surface area contributed by atoms with E-state index < -0.39 is 25.1 Å². The molecule has 2 atom stereocenters. The quantitative estimate of drug-likeness (QED) is 0.438. The van der Waals surface area contributed by atoms with Crippen LogP contribution in [-0.2, 0) is 4.74 Å². The molecular formula is C22H36F4O. The number of hydrogen-bond acceptors (Lipinski definition) is 1. The molecule has 27 heavy (non-hydrogen) atoms. The van der Waals surface area contributed by atoms with Crippen molar-refractivity contribution in [2.45, 2.75) is 109 Å². The zero-order chi connectivity index (χ0) is 19.4. The highest BCUT2D eigenvalue weighted by atomic mass is 19.3. The van der Waals surface area contributed by atoms with Crippen LogP contribution < -0.4 is 0 Å². The van der Waals surface area contributed by atoms with E-state index in [1.165, 1.54) is 51.4 Å². The number of halogens is 4. The van der Waals surface area contributed by atoms with E-state index in [2.05, 4.69) is 11.7 Å². The summed E-state index contributed by atoms with van der Waals surface area (Å²) in [5.41, 5.74) is 0. The molecule has 5 heteroatoms. The van der Waals surface area contributed by atoms with Crippen LogP contribution in [0.15, 0.2) is 0 Å². The molecule has 0 heterocycles. The van der Waals surface area contributed by atoms with Crippen LogP contribution in [0.5, 0.6) is 0 Å². The fraction of sp³-hybridized carbons (Fsp3) is 1.00. The van der Waals surface area contributed by atoms with Crippen LogP contribution in [0.1, 0.15) is 84.0 Å². The van der Waals surface area contributed by atoms with Gasteiger partial charge in [-0.3, -0.25) is 0 Å². The first-order chi connectivity index (χ1) is 12.9. The highest BCUT2D eigenvalue weighted by molar-refractivity contribution is 4.88. The first kappa shape index (κ1) is 21.4. The molecule has 0 bridgehead atoms. The Bertz CT molecular complexity index is 418. The maximum atomic E-state index is 14.1. The Labute approximate surface area is 161 Å². The van der Waals surface area contributed by atoms with Crippen molar-refractivity contribution in [2.75, 3.05) is 0 Å². The highest BCUT2D eigenvalue weighted by Crippen LogP contribution is 2.43. The number of alkyl halides is 4. The van der Waals surface area contributed by atoms with Crippen LogP contribution in [-0.4, -0.2) is 25.1 Å². The molecule has 0 saturated heterocycles. The van der Waals surface area contributed by atoms with Crippen molar-refractivity contribution in [1.29, 1.82) is 0 Å². The minimum absolute atomic E-state index is 0.0370. The lowest BCUT2D eigenvalue weighted by Crippen LogP contribution is -2.43. The smallest absolute Gasteiger partial charge is 0.313 e. The van der Waals surface area contributed by atoms with Gasteiger partial charge in [-0.05, 0) is 74.5 Å². The summed E-state index contributed by atoms with van der Waals surface area (Å²) in [6.45, 7) is -0.741. The Balaban J connectivity index is 1.35. The maximum absolute atomic E-state index is 14.1. The first-order valence-corrected chi connectivity index (χ1v) is 11.1. The van der Waals surface area contributed by atoms with Crippen LogP contribution in [0.25, 0.3) is 0 Å². The summed E-state index contributed by atoms with van der Waals surface area (Å²) in [7, 11) is 0. The van der Waals surface area contributed by atoms with Crippen molar-refractivity contribution in [3.63, 3.8) is 0 Å². The van der Waals surface area contributed by atoms with Gasteiger partial charge in [0.1, 0.15) is 18.4 Å². The van der Waals surface area contributed by atoms with Crippen LogP contribution in [0.2, 0.25) is 0 Å². The fourth-order valence-electron chi connectivity index (χ4n) is 5.93. The largest absolute Gasteiger partial charge is 0.345 e. The van der Waals surface area contributed by atoms with Gasteiger partial charge in [-0.25, -0.2) is 8.78 Å². The highest BCUT2D eigenvalue weighted by Gasteiger charge is 2.41. The SMILES string of the molecule is CC1CCC(C2CCC(CCC3CC(F)C(OC(F)F)C(F)C3)CC2)CC1. The van der Waals surface area contributed by atoms with Gasteiger partial charge in [-0.1, -0.05) is 39.0 Å². The molecule has 0 aromatic heterocycles. The maximum Gasteiger partial charge on any atom is 0.345 e. The molecule has 158 valence electrons. The minimum Gasteiger partial charge on any atom is -0.313 e. The van der Waals surface area contributed by atoms with Gasteiger partial charge in [0.2, 0.25) is 0 Å². The minimum atomic E-state index is -3.11. The van der Waals surface area contributed by atoms with Crippen LogP contribution >= 0.6 is 0 Å². The zero-order valence-electron chi connectivity index (χ0n) is 16.6. The molecule has 3 saturated carbocycles. The molecule has 3 aliphatic carbocycles. The molecule has 0 aromatic carbocycles. The molecule has 2 unspecified atom stereocenters. The average molecular weight is 393 g/mol. The normalized spacial score (nSPS) is 43.8. The summed E-state index contributed by atoms with van der Waals surface area (Å²) in [6, 6.07) is 0. The summed E-state index contributed by atoms with van der Waals surface area (Å²) in [5, 5.41) is 0. The molecule has 0 amide bonds. The monoisotopic (exact) mass is 392 g/mol. The van der Waals surface area contributed by atoms with E-state index in [9.17, 15) is 17.6 Å². The van der Waals surface area contributed by atoms with Crippen molar-refractivity contribution in [3.8, 4) is 0 Å². The zero-order valence-corrected chi connectivity index (χ0v) is 16.6. The van der Waals surface area contributed by atoms with E-state index in [0.29, 0.717) is 5.92 Å². The molecule has 1 nitrogen and oxygen atoms in total. The van der Waals surface area contributed by atoms with Gasteiger partial charge in [0.15, 0.2) is 0 Å². The Kier molecular flexibility index (Phi) is 7.87. The lowest BCUT2D eigenvalue weighted by Gasteiger charge is -2.38. The molecule has 0 aliphatic heterocycles. The second-order valence-corrected chi connectivity index (χ2v) is 9.61. The van der Waals surface area contributed by atoms with E-state index >= 15 is 0 Å². The third kappa shape index (κ3) is 6.08. The van der Waals surface area contributed by atoms with Crippen LogP contribution in [0, 0.1) is 29.6 Å². The number of hydrogen-bond donors (Lipinski definition) is 0. The van der Waals surface area contributed by atoms with Crippen LogP contribution in [0.4, 0.5) is 17.6 Å². The molecule has 0 radical (unpaired) electrons. The summed E-state index contributed by atoms with van der Waals surface area (Å²) in [6.07, 6.45) is 8.05. The van der Waals surface area contributed by atoms with Gasteiger partial charge in [0.25, 0.3) is 0 Å². The van der Waals surface area contributed by atoms with Crippen molar-refractivity contribution >= 4 is 0 Å². The lowest BCUT2D eigenvalue weighted by atomic mass is 9.68. The summed E-state index contributed by atoms with van der Waals surface area (Å²) < 4.78 is 56.8. The van der Waals surface area contributed by atoms with Crippen molar-refractivity contribution < 1.29 is 22.3 Å². The van der Waals surface area contributed by atoms with Crippen molar-refractivity contribution in [3.05, 3.63) is 0 Å². The van der Waals surface area contributed by atoms with Crippen molar-refractivity contribution in [1.82, 2.24) is 0 Å². The van der Waals surface area contributed by atoms with E-state index in [4.69, 9.17) is 0 Å². The molecule has 3 fully saturated rings. The topological polar surface area (TPSA) is 9.23 Å². The Morgan fingerprint density at radius 2 is 1.22 bits per heavy atom. The van der Waals surface area contributed by atoms with E-state index in [0.717, 1.165) is 30.6 Å². The molecule has 0 spiro atoms. The fourth-order valence-corrected chi connectivity index (χ4v) is 5.93. The van der Waals surface area contributed by atoms with Gasteiger partial charge < -0.3 is 4.74 Å². The van der Waals surface area contributed by atoms with Gasteiger partial charge in [0.05, 0.1) is 0 Å². The average Bonchev–Trinajstić information content (AvgIpc) is 2.64. The van der Waals surface area contributed by atoms with Crippen LogP contribution in [0.3, 0.4) is 0 Å². The summed E-state index contributed by atoms with van der Waals surface area (Å²) >= 11 is 0. The summed E-state index contributed by atoms with van der Waals surface area (Å²) in [5.74, 6) is 3.35. The predicted molar refractivity (Wildman–Crippen MR) is 99.2 cm³/mol. The Morgan fingerprint density at radius 1 is 0.741 bits per heavy atom. The summed E-state index contributed by atoms with van der Waals surface area (Å²) in [4.78, 5) is 0. The van der Waals surface area contributed by atoms with E-state index in [1.54, 1.807) is 0 Å². The predicted octanol–water partition coefficient (Wildman–Crippen LogP) is 7.09. The lowest BCUT2D eigenvalue weighted by molar-refractivity contribution is -0.206. The van der Waals surface area contributed by atoms with Gasteiger partial charge in [-0.15, -0.1) is 0 Å². The standard InChI is InChI=1S/C22H36F4O/c1-14-2-8-17(9-3-14)18-10-6-15(7-11-18)4-5-16-12-19(23)21(20(24)13-16)27-22(25)26/h14-22H,2-13H2,1H3. The van der Waals surface area contributed by atoms with E-state index in [1.807, 2.05) is 0 Å². The first-order valence-electron chi connectivity index (χ1n) is 11.1. The second-order valence-electron chi connectivity index (χ2n) is 9.61. The molecule has 0 N–H and O–H groups in total. The van der Waals surface area contributed by atoms with Gasteiger partial charge in [-0.2, -0.15) is 8.78 Å². The molecule has 0 aromatic rings.